The van der Waals surface area contributed by atoms with Crippen LogP contribution in [-0.4, -0.2) is 23.1 Å². The van der Waals surface area contributed by atoms with E-state index < -0.39 is 0 Å². The Labute approximate surface area is 102 Å². The second-order valence-corrected chi connectivity index (χ2v) is 4.62. The zero-order valence-corrected chi connectivity index (χ0v) is 10.6. The van der Waals surface area contributed by atoms with Gasteiger partial charge in [-0.2, -0.15) is 19.3 Å². The summed E-state index contributed by atoms with van der Waals surface area (Å²) in [5.41, 5.74) is 0.909. The maximum absolute atomic E-state index is 1.88. The van der Waals surface area contributed by atoms with Crippen LogP contribution in [0.15, 0.2) is 0 Å². The van der Waals surface area contributed by atoms with Gasteiger partial charge < -0.3 is 22.9 Å². The number of halogens is 1. The predicted molar refractivity (Wildman–Crippen MR) is 47.2 cm³/mol. The first-order chi connectivity index (χ1) is 4.89. The molecule has 2 heteroatoms. The quantitative estimate of drug-likeness (QED) is 0.430. The molecule has 4 fully saturated rings. The molecule has 4 aliphatic carbocycles. The van der Waals surface area contributed by atoms with Crippen LogP contribution in [0.1, 0.15) is 44.9 Å². The summed E-state index contributed by atoms with van der Waals surface area (Å²) in [5, 5.41) is 0. The number of rotatable bonds is 1. The van der Waals surface area contributed by atoms with Crippen molar-refractivity contribution in [2.45, 2.75) is 44.9 Å². The van der Waals surface area contributed by atoms with Crippen molar-refractivity contribution in [3.63, 3.8) is 0 Å². The molecule has 0 unspecified atom stereocenters. The van der Waals surface area contributed by atoms with Gasteiger partial charge in [-0.3, -0.25) is 0 Å². The van der Waals surface area contributed by atoms with Crippen LogP contribution in [0.4, 0.5) is 0 Å². The van der Waals surface area contributed by atoms with E-state index in [9.17, 15) is 0 Å². The standard InChI is InChI=1S/C10H15.BrH.Mg/c1-2-4-9(3-1)10-5-8(6-10)7-10;;/h9H,1-7H2;1H;/q-1;;+2/p-1. The molecule has 0 spiro atoms. The fourth-order valence-corrected chi connectivity index (χ4v) is 3.31. The van der Waals surface area contributed by atoms with Crippen LogP contribution < -0.4 is 17.0 Å². The van der Waals surface area contributed by atoms with Crippen molar-refractivity contribution in [1.82, 2.24) is 0 Å². The van der Waals surface area contributed by atoms with Crippen molar-refractivity contribution in [1.29, 1.82) is 0 Å². The third-order valence-electron chi connectivity index (χ3n) is 4.03. The van der Waals surface area contributed by atoms with Crippen molar-refractivity contribution in [2.75, 3.05) is 0 Å². The Morgan fingerprint density at radius 1 is 1.00 bits per heavy atom. The van der Waals surface area contributed by atoms with Gasteiger partial charge in [-0.05, 0) is 5.92 Å². The second-order valence-electron chi connectivity index (χ2n) is 4.62. The molecule has 0 aromatic carbocycles. The van der Waals surface area contributed by atoms with Gasteiger partial charge in [0.15, 0.2) is 0 Å². The van der Waals surface area contributed by atoms with E-state index in [0.717, 1.165) is 11.3 Å². The van der Waals surface area contributed by atoms with Gasteiger partial charge in [-0.15, -0.1) is 5.41 Å². The molecule has 4 aliphatic rings. The minimum absolute atomic E-state index is 0. The van der Waals surface area contributed by atoms with Gasteiger partial charge in [0.1, 0.15) is 0 Å². The van der Waals surface area contributed by atoms with Crippen LogP contribution in [0.5, 0.6) is 0 Å². The predicted octanol–water partition coefficient (Wildman–Crippen LogP) is -0.442. The van der Waals surface area contributed by atoms with E-state index in [1.54, 1.807) is 12.8 Å². The topological polar surface area (TPSA) is 0 Å². The third-order valence-corrected chi connectivity index (χ3v) is 4.03. The van der Waals surface area contributed by atoms with Gasteiger partial charge in [0.2, 0.25) is 0 Å². The molecule has 4 saturated carbocycles. The zero-order chi connectivity index (χ0) is 6.60. The van der Waals surface area contributed by atoms with E-state index in [1.807, 2.05) is 5.92 Å². The fraction of sp³-hybridized carbons (Fsp3) is 0.900. The average molecular weight is 239 g/mol. The fourth-order valence-electron chi connectivity index (χ4n) is 3.31. The SMILES string of the molecule is C1CCC(C23C[C-](C2)C3)C1.[Br-].[Mg+2]. The molecule has 0 saturated heterocycles. The van der Waals surface area contributed by atoms with Crippen molar-refractivity contribution in [3.8, 4) is 0 Å². The largest absolute Gasteiger partial charge is 2.00 e. The van der Waals surface area contributed by atoms with Gasteiger partial charge in [0, 0.05) is 0 Å². The van der Waals surface area contributed by atoms with Crippen LogP contribution in [0, 0.1) is 17.3 Å². The summed E-state index contributed by atoms with van der Waals surface area (Å²) in [6.07, 6.45) is 10.8. The second kappa shape index (κ2) is 3.78. The Morgan fingerprint density at radius 3 is 1.83 bits per heavy atom. The molecule has 2 bridgehead atoms. The summed E-state index contributed by atoms with van der Waals surface area (Å²) in [6, 6.07) is 0. The maximum atomic E-state index is 1.88. The smallest absolute Gasteiger partial charge is 1.00 e. The molecule has 0 aliphatic heterocycles. The van der Waals surface area contributed by atoms with Gasteiger partial charge >= 0.3 is 23.1 Å². The van der Waals surface area contributed by atoms with Crippen LogP contribution >= 0.6 is 0 Å². The molecule has 0 atom stereocenters. The molecule has 0 radical (unpaired) electrons. The van der Waals surface area contributed by atoms with Gasteiger partial charge in [0.25, 0.3) is 0 Å². The molecule has 0 N–H and O–H groups in total. The zero-order valence-electron chi connectivity index (χ0n) is 7.61. The van der Waals surface area contributed by atoms with Crippen LogP contribution in [0.25, 0.3) is 0 Å². The van der Waals surface area contributed by atoms with Gasteiger partial charge in [-0.1, -0.05) is 25.7 Å². The minimum atomic E-state index is 0. The Bertz CT molecular complexity index is 146. The van der Waals surface area contributed by atoms with Gasteiger partial charge in [0.05, 0.1) is 0 Å². The van der Waals surface area contributed by atoms with Crippen molar-refractivity contribution in [3.05, 3.63) is 5.92 Å². The molecule has 12 heavy (non-hydrogen) atoms. The Kier molecular flexibility index (Phi) is 3.57. The van der Waals surface area contributed by atoms with E-state index in [1.165, 1.54) is 32.1 Å². The summed E-state index contributed by atoms with van der Waals surface area (Å²) >= 11 is 0. The Morgan fingerprint density at radius 2 is 1.50 bits per heavy atom. The average Bonchev–Trinajstić information content (AvgIpc) is 2.06. The van der Waals surface area contributed by atoms with Crippen molar-refractivity contribution >= 4 is 23.1 Å². The maximum Gasteiger partial charge on any atom is 2.00 e. The number of hydrogen-bond donors (Lipinski definition) is 0. The molecule has 0 aromatic rings. The Balaban J connectivity index is 0.000000360. The van der Waals surface area contributed by atoms with Crippen LogP contribution in [-0.2, 0) is 0 Å². The molecule has 0 nitrogen and oxygen atoms in total. The minimum Gasteiger partial charge on any atom is -1.00 e. The molecular weight excluding hydrogens is 224 g/mol. The molecule has 0 aromatic heterocycles. The summed E-state index contributed by atoms with van der Waals surface area (Å²) in [5.74, 6) is 3.04. The summed E-state index contributed by atoms with van der Waals surface area (Å²) in [7, 11) is 0. The first kappa shape index (κ1) is 11.3. The normalized spacial score (nSPS) is 31.0. The molecule has 0 heterocycles. The third kappa shape index (κ3) is 1.38. The van der Waals surface area contributed by atoms with Crippen LogP contribution in [0.2, 0.25) is 0 Å². The molecule has 0 amide bonds. The first-order valence-corrected chi connectivity index (χ1v) is 4.73. The van der Waals surface area contributed by atoms with Crippen molar-refractivity contribution in [2.24, 2.45) is 11.3 Å². The molecule has 4 rings (SSSR count). The Hall–Kier alpha value is 1.25. The van der Waals surface area contributed by atoms with E-state index in [0.29, 0.717) is 0 Å². The van der Waals surface area contributed by atoms with Crippen molar-refractivity contribution < 1.29 is 17.0 Å². The van der Waals surface area contributed by atoms with E-state index in [2.05, 4.69) is 0 Å². The van der Waals surface area contributed by atoms with E-state index in [-0.39, 0.29) is 40.0 Å². The van der Waals surface area contributed by atoms with Crippen LogP contribution in [0.3, 0.4) is 0 Å². The number of hydrogen-bond acceptors (Lipinski definition) is 0. The van der Waals surface area contributed by atoms with E-state index >= 15 is 0 Å². The van der Waals surface area contributed by atoms with E-state index in [4.69, 9.17) is 0 Å². The molecule has 64 valence electrons. The molecular formula is C10H15BrMg. The first-order valence-electron chi connectivity index (χ1n) is 4.73. The summed E-state index contributed by atoms with van der Waals surface area (Å²) in [6.45, 7) is 0. The summed E-state index contributed by atoms with van der Waals surface area (Å²) < 4.78 is 0. The monoisotopic (exact) mass is 238 g/mol. The summed E-state index contributed by atoms with van der Waals surface area (Å²) in [4.78, 5) is 0. The van der Waals surface area contributed by atoms with Gasteiger partial charge in [-0.25, -0.2) is 0 Å².